The van der Waals surface area contributed by atoms with Crippen LogP contribution in [0.4, 0.5) is 10.1 Å². The van der Waals surface area contributed by atoms with Gasteiger partial charge in [0, 0.05) is 25.1 Å². The molecule has 1 saturated carbocycles. The summed E-state index contributed by atoms with van der Waals surface area (Å²) in [6.07, 6.45) is 4.56. The Hall–Kier alpha value is -1.54. The van der Waals surface area contributed by atoms with Crippen LogP contribution >= 0.6 is 0 Å². The lowest BCUT2D eigenvalue weighted by Gasteiger charge is -2.58. The Bertz CT molecular complexity index is 819. The molecule has 33 heavy (non-hydrogen) atoms. The minimum Gasteiger partial charge on any atom is -0.347 e. The molecular weight excluding hydrogens is 425 g/mol. The van der Waals surface area contributed by atoms with Gasteiger partial charge in [-0.05, 0) is 81.0 Å². The Labute approximate surface area is 196 Å². The molecule has 3 fully saturated rings. The molecule has 0 radical (unpaired) electrons. The summed E-state index contributed by atoms with van der Waals surface area (Å²) in [5.74, 6) is 0.910. The van der Waals surface area contributed by atoms with Crippen LogP contribution in [0.2, 0.25) is 0 Å². The highest BCUT2D eigenvalue weighted by Gasteiger charge is 2.64. The summed E-state index contributed by atoms with van der Waals surface area (Å²) in [6, 6.07) is 5.97. The smallest absolute Gasteiger partial charge is 0.226 e. The number of carbonyl (C=O) groups is 1. The SMILES string of the molecule is COO[C@]12[C@H]3O[C@@H](C)CC[C@H]1[C@H](C)CC[C@H]2[C@@H](C)[C@@H](CCC(=O)N(C)c1ccc(F)cc1)O3. The molecule has 1 aliphatic carbocycles. The molecule has 6 nitrogen and oxygen atoms in total. The topological polar surface area (TPSA) is 57.2 Å². The van der Waals surface area contributed by atoms with Gasteiger partial charge in [-0.15, -0.1) is 0 Å². The van der Waals surface area contributed by atoms with Crippen LogP contribution in [0, 0.1) is 29.5 Å². The Morgan fingerprint density at radius 2 is 1.79 bits per heavy atom. The molecule has 8 atom stereocenters. The number of ether oxygens (including phenoxy) is 2. The van der Waals surface area contributed by atoms with E-state index in [1.54, 1.807) is 31.2 Å². The number of anilines is 1. The zero-order chi connectivity index (χ0) is 23.8. The van der Waals surface area contributed by atoms with Crippen molar-refractivity contribution in [3.63, 3.8) is 0 Å². The maximum atomic E-state index is 13.2. The van der Waals surface area contributed by atoms with Crippen molar-refractivity contribution in [1.29, 1.82) is 0 Å². The van der Waals surface area contributed by atoms with E-state index in [0.717, 1.165) is 25.7 Å². The van der Waals surface area contributed by atoms with E-state index in [4.69, 9.17) is 19.2 Å². The van der Waals surface area contributed by atoms with Crippen molar-refractivity contribution in [2.45, 2.75) is 83.4 Å². The quantitative estimate of drug-likeness (QED) is 0.434. The van der Waals surface area contributed by atoms with Crippen molar-refractivity contribution in [2.24, 2.45) is 23.7 Å². The first-order chi connectivity index (χ1) is 15.8. The minimum absolute atomic E-state index is 0.0207. The lowest BCUT2D eigenvalue weighted by molar-refractivity contribution is -0.453. The molecule has 3 aliphatic rings. The number of halogens is 1. The average molecular weight is 464 g/mol. The second kappa shape index (κ2) is 9.98. The highest BCUT2D eigenvalue weighted by atomic mass is 19.1. The van der Waals surface area contributed by atoms with E-state index in [1.807, 2.05) is 0 Å². The monoisotopic (exact) mass is 463 g/mol. The number of hydrogen-bond acceptors (Lipinski definition) is 5. The summed E-state index contributed by atoms with van der Waals surface area (Å²) in [5.41, 5.74) is 0.0544. The lowest BCUT2D eigenvalue weighted by Crippen LogP contribution is -2.67. The maximum absolute atomic E-state index is 13.2. The van der Waals surface area contributed by atoms with Gasteiger partial charge in [0.15, 0.2) is 11.9 Å². The number of rotatable bonds is 6. The van der Waals surface area contributed by atoms with Gasteiger partial charge in [-0.25, -0.2) is 14.2 Å². The van der Waals surface area contributed by atoms with Crippen molar-refractivity contribution in [2.75, 3.05) is 19.1 Å². The Morgan fingerprint density at radius 3 is 2.48 bits per heavy atom. The molecule has 2 saturated heterocycles. The van der Waals surface area contributed by atoms with Gasteiger partial charge in [-0.3, -0.25) is 4.79 Å². The molecule has 7 heteroatoms. The van der Waals surface area contributed by atoms with Crippen LogP contribution in [0.5, 0.6) is 0 Å². The zero-order valence-electron chi connectivity index (χ0n) is 20.5. The van der Waals surface area contributed by atoms with Crippen LogP contribution in [-0.2, 0) is 24.0 Å². The molecule has 0 aromatic heterocycles. The largest absolute Gasteiger partial charge is 0.347 e. The van der Waals surface area contributed by atoms with Gasteiger partial charge in [0.25, 0.3) is 0 Å². The van der Waals surface area contributed by atoms with E-state index >= 15 is 0 Å². The van der Waals surface area contributed by atoms with E-state index in [1.165, 1.54) is 12.1 Å². The van der Waals surface area contributed by atoms with Crippen molar-refractivity contribution >= 4 is 11.6 Å². The number of hydrogen-bond donors (Lipinski definition) is 0. The van der Waals surface area contributed by atoms with E-state index in [0.29, 0.717) is 30.4 Å². The summed E-state index contributed by atoms with van der Waals surface area (Å²) >= 11 is 0. The molecule has 1 aromatic carbocycles. The Balaban J connectivity index is 1.51. The van der Waals surface area contributed by atoms with E-state index < -0.39 is 11.9 Å². The summed E-state index contributed by atoms with van der Waals surface area (Å²) in [7, 11) is 3.29. The Kier molecular flexibility index (Phi) is 7.44. The molecule has 184 valence electrons. The molecule has 2 heterocycles. The highest BCUT2D eigenvalue weighted by Crippen LogP contribution is 2.57. The molecule has 0 unspecified atom stereocenters. The fourth-order valence-corrected chi connectivity index (χ4v) is 6.48. The van der Waals surface area contributed by atoms with Crippen LogP contribution in [0.3, 0.4) is 0 Å². The van der Waals surface area contributed by atoms with Crippen LogP contribution in [0.1, 0.15) is 59.3 Å². The number of amides is 1. The normalized spacial score (nSPS) is 38.3. The molecule has 0 bridgehead atoms. The number of benzene rings is 1. The third-order valence-corrected chi connectivity index (χ3v) is 8.37. The fourth-order valence-electron chi connectivity index (χ4n) is 6.48. The Morgan fingerprint density at radius 1 is 1.09 bits per heavy atom. The molecule has 1 aromatic rings. The summed E-state index contributed by atoms with van der Waals surface area (Å²) < 4.78 is 26.2. The molecule has 2 aliphatic heterocycles. The van der Waals surface area contributed by atoms with Crippen LogP contribution < -0.4 is 4.90 Å². The summed E-state index contributed by atoms with van der Waals surface area (Å²) in [4.78, 5) is 25.9. The van der Waals surface area contributed by atoms with Crippen LogP contribution in [0.15, 0.2) is 24.3 Å². The molecule has 1 amide bonds. The standard InChI is InChI=1S/C26H38FNO5/c1-16-6-12-22-18(3)23(14-15-24(29)28(4)20-10-8-19(27)9-11-20)32-25-26(22,33-30-5)21(16)13-7-17(2)31-25/h8-11,16-18,21-23,25H,6-7,12-15H2,1-5H3/t16-,17+,18-,21+,22+,23-,25+,26-/m1/s1. The third-order valence-electron chi connectivity index (χ3n) is 8.37. The van der Waals surface area contributed by atoms with Crippen molar-refractivity contribution in [3.8, 4) is 0 Å². The number of carbonyl (C=O) groups excluding carboxylic acids is 1. The predicted molar refractivity (Wildman–Crippen MR) is 123 cm³/mol. The molecule has 0 N–H and O–H groups in total. The van der Waals surface area contributed by atoms with Gasteiger partial charge in [0.2, 0.25) is 5.91 Å². The molecule has 4 rings (SSSR count). The minimum atomic E-state index is -0.623. The van der Waals surface area contributed by atoms with E-state index in [9.17, 15) is 9.18 Å². The average Bonchev–Trinajstić information content (AvgIpc) is 2.93. The van der Waals surface area contributed by atoms with Gasteiger partial charge in [-0.1, -0.05) is 13.8 Å². The maximum Gasteiger partial charge on any atom is 0.226 e. The first kappa shape index (κ1) is 24.6. The van der Waals surface area contributed by atoms with Gasteiger partial charge < -0.3 is 14.4 Å². The molecule has 0 spiro atoms. The lowest BCUT2D eigenvalue weighted by atomic mass is 9.57. The van der Waals surface area contributed by atoms with Crippen molar-refractivity contribution in [1.82, 2.24) is 0 Å². The fraction of sp³-hybridized carbons (Fsp3) is 0.731. The van der Waals surface area contributed by atoms with Crippen LogP contribution in [0.25, 0.3) is 0 Å². The first-order valence-corrected chi connectivity index (χ1v) is 12.3. The van der Waals surface area contributed by atoms with E-state index in [-0.39, 0.29) is 35.8 Å². The van der Waals surface area contributed by atoms with Gasteiger partial charge in [-0.2, -0.15) is 0 Å². The summed E-state index contributed by atoms with van der Waals surface area (Å²) in [6.45, 7) is 6.60. The second-order valence-electron chi connectivity index (χ2n) is 10.2. The first-order valence-electron chi connectivity index (χ1n) is 12.3. The van der Waals surface area contributed by atoms with Gasteiger partial charge in [0.1, 0.15) is 5.82 Å². The second-order valence-corrected chi connectivity index (χ2v) is 10.2. The highest BCUT2D eigenvalue weighted by molar-refractivity contribution is 5.92. The molecular formula is C26H38FNO5. The van der Waals surface area contributed by atoms with Crippen molar-refractivity contribution in [3.05, 3.63) is 30.1 Å². The zero-order valence-corrected chi connectivity index (χ0v) is 20.5. The van der Waals surface area contributed by atoms with E-state index in [2.05, 4.69) is 20.8 Å². The summed E-state index contributed by atoms with van der Waals surface area (Å²) in [5, 5.41) is 0. The van der Waals surface area contributed by atoms with Gasteiger partial charge in [0.05, 0.1) is 19.3 Å². The van der Waals surface area contributed by atoms with Gasteiger partial charge >= 0.3 is 0 Å². The number of nitrogens with zero attached hydrogens (tertiary/aromatic N) is 1. The third kappa shape index (κ3) is 4.57. The van der Waals surface area contributed by atoms with Crippen molar-refractivity contribution < 1.29 is 28.4 Å². The predicted octanol–water partition coefficient (Wildman–Crippen LogP) is 5.11. The van der Waals surface area contributed by atoms with Crippen LogP contribution in [-0.4, -0.2) is 44.2 Å².